The Balaban J connectivity index is 1.34. The van der Waals surface area contributed by atoms with Gasteiger partial charge in [0.05, 0.1) is 33.5 Å². The van der Waals surface area contributed by atoms with Gasteiger partial charge in [0.15, 0.2) is 11.5 Å². The SMILES string of the molecule is Cc1ccc(O)c2c1[C@]13CCN(CC4CC4)C[C@]1(O)CC[C@@H](N(C)C(=O)Cc1ccc(Cl)c(Cl)c1)[C@@H]3O2. The number of nitrogens with zero attached hydrogens (tertiary/aromatic N) is 2. The van der Waals surface area contributed by atoms with E-state index in [0.29, 0.717) is 35.2 Å². The molecule has 198 valence electrons. The molecule has 2 aliphatic heterocycles. The predicted octanol–water partition coefficient (Wildman–Crippen LogP) is 4.72. The highest BCUT2D eigenvalue weighted by Crippen LogP contribution is 2.62. The average Bonchev–Trinajstić information content (AvgIpc) is 3.60. The number of phenols is 1. The first kappa shape index (κ1) is 25.3. The van der Waals surface area contributed by atoms with E-state index >= 15 is 0 Å². The van der Waals surface area contributed by atoms with Crippen LogP contribution in [0.2, 0.25) is 10.0 Å². The summed E-state index contributed by atoms with van der Waals surface area (Å²) in [5.41, 5.74) is 1.03. The van der Waals surface area contributed by atoms with Crippen molar-refractivity contribution < 1.29 is 19.7 Å². The van der Waals surface area contributed by atoms with Crippen molar-refractivity contribution in [3.8, 4) is 11.5 Å². The number of halogens is 2. The van der Waals surface area contributed by atoms with Crippen molar-refractivity contribution in [1.82, 2.24) is 9.80 Å². The quantitative estimate of drug-likeness (QED) is 0.569. The van der Waals surface area contributed by atoms with Gasteiger partial charge in [0.1, 0.15) is 6.10 Å². The van der Waals surface area contributed by atoms with E-state index in [-0.39, 0.29) is 24.1 Å². The molecule has 0 radical (unpaired) electrons. The van der Waals surface area contributed by atoms with Gasteiger partial charge in [-0.05, 0) is 80.8 Å². The highest BCUT2D eigenvalue weighted by Gasteiger charge is 2.68. The van der Waals surface area contributed by atoms with Gasteiger partial charge in [-0.15, -0.1) is 0 Å². The maximum atomic E-state index is 13.5. The number of aliphatic hydroxyl groups is 1. The summed E-state index contributed by atoms with van der Waals surface area (Å²) in [7, 11) is 1.82. The van der Waals surface area contributed by atoms with Gasteiger partial charge in [0, 0.05) is 25.7 Å². The first-order valence-electron chi connectivity index (χ1n) is 13.3. The summed E-state index contributed by atoms with van der Waals surface area (Å²) in [6.07, 6.45) is 4.21. The molecule has 37 heavy (non-hydrogen) atoms. The fourth-order valence-corrected chi connectivity index (χ4v) is 7.56. The van der Waals surface area contributed by atoms with Gasteiger partial charge in [-0.3, -0.25) is 4.79 Å². The Morgan fingerprint density at radius 3 is 2.68 bits per heavy atom. The number of aromatic hydroxyl groups is 1. The van der Waals surface area contributed by atoms with Crippen LogP contribution in [0.4, 0.5) is 0 Å². The lowest BCUT2D eigenvalue weighted by atomic mass is 9.53. The van der Waals surface area contributed by atoms with Crippen LogP contribution in [0.5, 0.6) is 11.5 Å². The number of fused-ring (bicyclic) bond motifs is 1. The van der Waals surface area contributed by atoms with Gasteiger partial charge in [0.2, 0.25) is 5.91 Å². The number of carbonyl (C=O) groups excluding carboxylic acids is 1. The third kappa shape index (κ3) is 4.03. The van der Waals surface area contributed by atoms with E-state index in [0.717, 1.165) is 42.1 Å². The molecule has 2 heterocycles. The van der Waals surface area contributed by atoms with E-state index in [1.165, 1.54) is 12.8 Å². The fourth-order valence-electron chi connectivity index (χ4n) is 7.23. The molecule has 2 aromatic carbocycles. The maximum Gasteiger partial charge on any atom is 0.227 e. The molecule has 1 amide bonds. The van der Waals surface area contributed by atoms with E-state index in [2.05, 4.69) is 4.90 Å². The fraction of sp³-hybridized carbons (Fsp3) is 0.552. The molecule has 2 saturated carbocycles. The summed E-state index contributed by atoms with van der Waals surface area (Å²) in [6, 6.07) is 8.60. The lowest BCUT2D eigenvalue weighted by Gasteiger charge is -2.59. The summed E-state index contributed by atoms with van der Waals surface area (Å²) in [6.45, 7) is 4.51. The van der Waals surface area contributed by atoms with Crippen molar-refractivity contribution >= 4 is 29.1 Å². The van der Waals surface area contributed by atoms with E-state index in [4.69, 9.17) is 27.9 Å². The van der Waals surface area contributed by atoms with Gasteiger partial charge in [-0.25, -0.2) is 0 Å². The third-order valence-electron chi connectivity index (χ3n) is 9.31. The monoisotopic (exact) mass is 544 g/mol. The molecule has 0 bridgehead atoms. The van der Waals surface area contributed by atoms with Crippen LogP contribution in [0.1, 0.15) is 48.8 Å². The van der Waals surface area contributed by atoms with Crippen LogP contribution in [0.15, 0.2) is 30.3 Å². The second kappa shape index (κ2) is 9.04. The Kier molecular flexibility index (Phi) is 6.18. The minimum atomic E-state index is -1.00. The normalized spacial score (nSPS) is 30.7. The van der Waals surface area contributed by atoms with Crippen LogP contribution in [-0.2, 0) is 16.6 Å². The number of aryl methyl sites for hydroxylation is 1. The number of β-amino-alcohol motifs (C(OH)–C–C–N with tert-alkyl or cyclic N) is 1. The highest BCUT2D eigenvalue weighted by atomic mass is 35.5. The summed E-state index contributed by atoms with van der Waals surface area (Å²) in [5.74, 6) is 1.26. The van der Waals surface area contributed by atoms with Crippen LogP contribution >= 0.6 is 23.2 Å². The minimum absolute atomic E-state index is 0.0457. The van der Waals surface area contributed by atoms with Gasteiger partial charge in [-0.2, -0.15) is 0 Å². The Hall–Kier alpha value is -1.99. The number of benzene rings is 2. The molecular weight excluding hydrogens is 511 g/mol. The number of hydrogen-bond donors (Lipinski definition) is 2. The van der Waals surface area contributed by atoms with E-state index in [1.807, 2.05) is 26.1 Å². The van der Waals surface area contributed by atoms with E-state index in [9.17, 15) is 15.0 Å². The zero-order valence-electron chi connectivity index (χ0n) is 21.3. The van der Waals surface area contributed by atoms with Crippen LogP contribution < -0.4 is 4.74 Å². The molecule has 6 nitrogen and oxygen atoms in total. The number of hydrogen-bond acceptors (Lipinski definition) is 5. The van der Waals surface area contributed by atoms with Crippen molar-refractivity contribution in [1.29, 1.82) is 0 Å². The highest BCUT2D eigenvalue weighted by molar-refractivity contribution is 6.42. The van der Waals surface area contributed by atoms with Crippen molar-refractivity contribution in [2.45, 2.75) is 68.6 Å². The predicted molar refractivity (Wildman–Crippen MR) is 144 cm³/mol. The van der Waals surface area contributed by atoms with Crippen LogP contribution in [0.25, 0.3) is 0 Å². The number of phenolic OH excluding ortho intramolecular Hbond substituents is 1. The van der Waals surface area contributed by atoms with E-state index < -0.39 is 17.1 Å². The lowest BCUT2D eigenvalue weighted by molar-refractivity contribution is -0.171. The van der Waals surface area contributed by atoms with E-state index in [1.54, 1.807) is 23.1 Å². The summed E-state index contributed by atoms with van der Waals surface area (Å²) in [4.78, 5) is 17.7. The molecule has 2 aromatic rings. The molecule has 8 heteroatoms. The van der Waals surface area contributed by atoms with Gasteiger partial charge < -0.3 is 24.7 Å². The first-order valence-corrected chi connectivity index (χ1v) is 14.0. The molecule has 0 aromatic heterocycles. The molecule has 2 aliphatic carbocycles. The Morgan fingerprint density at radius 1 is 1.16 bits per heavy atom. The molecule has 6 rings (SSSR count). The molecular formula is C29H34Cl2N2O4. The molecule has 1 saturated heterocycles. The van der Waals surface area contributed by atoms with Crippen molar-refractivity contribution in [2.24, 2.45) is 5.92 Å². The van der Waals surface area contributed by atoms with Crippen molar-refractivity contribution in [3.05, 3.63) is 57.1 Å². The molecule has 1 spiro atoms. The molecule has 4 atom stereocenters. The Morgan fingerprint density at radius 2 is 1.95 bits per heavy atom. The topological polar surface area (TPSA) is 73.2 Å². The van der Waals surface area contributed by atoms with Crippen LogP contribution in [0, 0.1) is 12.8 Å². The van der Waals surface area contributed by atoms with Gasteiger partial charge in [-0.1, -0.05) is 35.3 Å². The largest absolute Gasteiger partial charge is 0.504 e. The second-order valence-corrected chi connectivity index (χ2v) is 12.4. The number of carbonyl (C=O) groups is 1. The first-order chi connectivity index (χ1) is 17.6. The van der Waals surface area contributed by atoms with Gasteiger partial charge >= 0.3 is 0 Å². The van der Waals surface area contributed by atoms with Crippen molar-refractivity contribution in [3.63, 3.8) is 0 Å². The minimum Gasteiger partial charge on any atom is -0.504 e. The number of rotatable bonds is 5. The number of amides is 1. The number of likely N-dealkylation sites (N-methyl/N-ethyl adjacent to an activating group) is 1. The Labute approximate surface area is 228 Å². The number of likely N-dealkylation sites (tertiary alicyclic amines) is 1. The molecule has 4 aliphatic rings. The molecule has 0 unspecified atom stereocenters. The lowest BCUT2D eigenvalue weighted by Crippen LogP contribution is -2.73. The molecule has 2 N–H and O–H groups in total. The maximum absolute atomic E-state index is 13.5. The number of piperidine rings is 1. The summed E-state index contributed by atoms with van der Waals surface area (Å²) < 4.78 is 6.58. The van der Waals surface area contributed by atoms with Crippen molar-refractivity contribution in [2.75, 3.05) is 26.7 Å². The van der Waals surface area contributed by atoms with Gasteiger partial charge in [0.25, 0.3) is 0 Å². The van der Waals surface area contributed by atoms with Crippen LogP contribution in [-0.4, -0.2) is 70.3 Å². The second-order valence-electron chi connectivity index (χ2n) is 11.6. The summed E-state index contributed by atoms with van der Waals surface area (Å²) in [5, 5.41) is 24.1. The zero-order valence-corrected chi connectivity index (χ0v) is 22.9. The summed E-state index contributed by atoms with van der Waals surface area (Å²) >= 11 is 12.2. The third-order valence-corrected chi connectivity index (χ3v) is 10.0. The molecule has 3 fully saturated rings. The van der Waals surface area contributed by atoms with Crippen LogP contribution in [0.3, 0.4) is 0 Å². The number of ether oxygens (including phenoxy) is 1. The zero-order chi connectivity index (χ0) is 26.1. The standard InChI is InChI=1S/C29H34Cl2N2O4/c1-17-3-8-23(34)26-25(17)29-11-12-33(15-18-4-5-18)16-28(29,36)10-9-22(27(29)37-26)32(2)24(35)14-19-6-7-20(30)21(31)13-19/h3,6-8,13,18,22,27,34,36H,4-5,9-12,14-16H2,1-2H3/t22-,27+,28-,29+/m1/s1. The Bertz CT molecular complexity index is 1250. The smallest absolute Gasteiger partial charge is 0.227 e. The average molecular weight is 546 g/mol.